The number of aryl methyl sites for hydroxylation is 1. The second-order valence-corrected chi connectivity index (χ2v) is 8.08. The molecule has 0 unspecified atom stereocenters. The van der Waals surface area contributed by atoms with E-state index in [1.54, 1.807) is 0 Å². The zero-order chi connectivity index (χ0) is 18.3. The van der Waals surface area contributed by atoms with E-state index in [2.05, 4.69) is 22.4 Å². The molecule has 0 saturated carbocycles. The van der Waals surface area contributed by atoms with Crippen molar-refractivity contribution in [2.24, 2.45) is 7.05 Å². The van der Waals surface area contributed by atoms with Crippen molar-refractivity contribution in [1.29, 1.82) is 0 Å². The van der Waals surface area contributed by atoms with Crippen LogP contribution in [0, 0.1) is 0 Å². The van der Waals surface area contributed by atoms with E-state index in [4.69, 9.17) is 0 Å². The number of fused-ring (bicyclic) bond motifs is 1. The lowest BCUT2D eigenvalue weighted by Gasteiger charge is -2.49. The van der Waals surface area contributed by atoms with Crippen LogP contribution < -0.4 is 5.32 Å². The molecule has 1 aromatic rings. The van der Waals surface area contributed by atoms with Crippen LogP contribution in [0.3, 0.4) is 0 Å². The highest BCUT2D eigenvalue weighted by molar-refractivity contribution is 5.94. The van der Waals surface area contributed by atoms with Crippen molar-refractivity contribution < 1.29 is 9.59 Å². The van der Waals surface area contributed by atoms with E-state index in [1.807, 2.05) is 16.6 Å². The lowest BCUT2D eigenvalue weighted by Crippen LogP contribution is -2.62. The van der Waals surface area contributed by atoms with Crippen LogP contribution in [0.2, 0.25) is 0 Å². The Balaban J connectivity index is 1.58. The molecule has 0 radical (unpaired) electrons. The summed E-state index contributed by atoms with van der Waals surface area (Å²) < 4.78 is 1.90. The fourth-order valence-electron chi connectivity index (χ4n) is 4.86. The van der Waals surface area contributed by atoms with E-state index in [-0.39, 0.29) is 17.4 Å². The van der Waals surface area contributed by atoms with Crippen molar-refractivity contribution in [2.75, 3.05) is 33.2 Å². The van der Waals surface area contributed by atoms with Gasteiger partial charge in [0.1, 0.15) is 0 Å². The molecule has 1 aromatic heterocycles. The number of aromatic nitrogens is 2. The van der Waals surface area contributed by atoms with Gasteiger partial charge in [0.15, 0.2) is 5.69 Å². The second kappa shape index (κ2) is 6.68. The summed E-state index contributed by atoms with van der Waals surface area (Å²) in [5.41, 5.74) is 2.94. The van der Waals surface area contributed by atoms with E-state index in [0.29, 0.717) is 25.2 Å². The van der Waals surface area contributed by atoms with Gasteiger partial charge in [-0.25, -0.2) is 0 Å². The molecule has 2 saturated heterocycles. The van der Waals surface area contributed by atoms with Gasteiger partial charge >= 0.3 is 0 Å². The van der Waals surface area contributed by atoms with Crippen molar-refractivity contribution in [1.82, 2.24) is 24.9 Å². The summed E-state index contributed by atoms with van der Waals surface area (Å²) in [5, 5.41) is 7.57. The monoisotopic (exact) mass is 359 g/mol. The Labute approximate surface area is 154 Å². The molecule has 26 heavy (non-hydrogen) atoms. The smallest absolute Gasteiger partial charge is 0.274 e. The van der Waals surface area contributed by atoms with Gasteiger partial charge in [-0.1, -0.05) is 0 Å². The van der Waals surface area contributed by atoms with Gasteiger partial charge in [-0.3, -0.25) is 19.2 Å². The molecule has 3 heterocycles. The van der Waals surface area contributed by atoms with Crippen molar-refractivity contribution in [2.45, 2.75) is 50.5 Å². The standard InChI is InChI=1S/C19H29N5O2/c1-22-11-12-24(13-19(22)8-7-16(25)20-10-9-19)18(26)17-14-5-3-4-6-15(14)23(2)21-17/h3-13H2,1-2H3,(H,20,25)/t19-/m1/s1. The predicted octanol–water partition coefficient (Wildman–Crippen LogP) is 0.725. The molecule has 2 amide bonds. The third-order valence-electron chi connectivity index (χ3n) is 6.59. The summed E-state index contributed by atoms with van der Waals surface area (Å²) in [6.45, 7) is 2.94. The summed E-state index contributed by atoms with van der Waals surface area (Å²) in [6.07, 6.45) is 6.52. The first kappa shape index (κ1) is 17.5. The number of nitrogens with zero attached hydrogens (tertiary/aromatic N) is 4. The molecule has 1 aliphatic carbocycles. The fourth-order valence-corrected chi connectivity index (χ4v) is 4.86. The summed E-state index contributed by atoms with van der Waals surface area (Å²) in [6, 6.07) is 0. The molecule has 0 bridgehead atoms. The van der Waals surface area contributed by atoms with Crippen LogP contribution in [-0.2, 0) is 24.7 Å². The third-order valence-corrected chi connectivity index (χ3v) is 6.59. The Morgan fingerprint density at radius 2 is 1.92 bits per heavy atom. The highest BCUT2D eigenvalue weighted by Crippen LogP contribution is 2.32. The highest BCUT2D eigenvalue weighted by atomic mass is 16.2. The molecular formula is C19H29N5O2. The van der Waals surface area contributed by atoms with Gasteiger partial charge in [-0.05, 0) is 45.6 Å². The first-order valence-corrected chi connectivity index (χ1v) is 9.82. The molecule has 2 aliphatic heterocycles. The van der Waals surface area contributed by atoms with Crippen LogP contribution >= 0.6 is 0 Å². The number of rotatable bonds is 1. The number of nitrogens with one attached hydrogen (secondary N) is 1. The van der Waals surface area contributed by atoms with E-state index in [9.17, 15) is 9.59 Å². The quantitative estimate of drug-likeness (QED) is 0.802. The number of carbonyl (C=O) groups excluding carboxylic acids is 2. The molecule has 4 rings (SSSR count). The molecular weight excluding hydrogens is 330 g/mol. The molecule has 3 aliphatic rings. The molecule has 0 aromatic carbocycles. The lowest BCUT2D eigenvalue weighted by atomic mass is 9.86. The summed E-state index contributed by atoms with van der Waals surface area (Å²) >= 11 is 0. The van der Waals surface area contributed by atoms with Gasteiger partial charge in [-0.15, -0.1) is 0 Å². The fraction of sp³-hybridized carbons (Fsp3) is 0.737. The summed E-state index contributed by atoms with van der Waals surface area (Å²) in [4.78, 5) is 29.4. The van der Waals surface area contributed by atoms with Gasteiger partial charge in [0.05, 0.1) is 0 Å². The predicted molar refractivity (Wildman–Crippen MR) is 98.0 cm³/mol. The maximum atomic E-state index is 13.3. The highest BCUT2D eigenvalue weighted by Gasteiger charge is 2.43. The zero-order valence-corrected chi connectivity index (χ0v) is 15.9. The number of likely N-dealkylation sites (N-methyl/N-ethyl adjacent to an activating group) is 1. The molecule has 1 N–H and O–H groups in total. The number of hydrogen-bond donors (Lipinski definition) is 1. The SMILES string of the molecule is CN1CCN(C(=O)c2nn(C)c3c2CCCC3)C[C@@]12CCNC(=O)CC2. The second-order valence-electron chi connectivity index (χ2n) is 8.08. The van der Waals surface area contributed by atoms with Crippen LogP contribution in [-0.4, -0.2) is 70.2 Å². The Kier molecular flexibility index (Phi) is 4.50. The van der Waals surface area contributed by atoms with Gasteiger partial charge in [0, 0.05) is 56.4 Å². The average molecular weight is 359 g/mol. The Bertz CT molecular complexity index is 728. The summed E-state index contributed by atoms with van der Waals surface area (Å²) in [7, 11) is 4.08. The van der Waals surface area contributed by atoms with Crippen LogP contribution in [0.15, 0.2) is 0 Å². The van der Waals surface area contributed by atoms with Crippen LogP contribution in [0.1, 0.15) is 53.8 Å². The van der Waals surface area contributed by atoms with Crippen LogP contribution in [0.25, 0.3) is 0 Å². The van der Waals surface area contributed by atoms with E-state index >= 15 is 0 Å². The van der Waals surface area contributed by atoms with Gasteiger partial charge in [-0.2, -0.15) is 5.10 Å². The first-order valence-electron chi connectivity index (χ1n) is 9.82. The third kappa shape index (κ3) is 2.92. The molecule has 2 fully saturated rings. The minimum Gasteiger partial charge on any atom is -0.356 e. The molecule has 7 heteroatoms. The average Bonchev–Trinajstić information content (AvgIpc) is 2.87. The lowest BCUT2D eigenvalue weighted by molar-refractivity contribution is -0.121. The number of amides is 2. The van der Waals surface area contributed by atoms with Crippen molar-refractivity contribution in [3.05, 3.63) is 17.0 Å². The van der Waals surface area contributed by atoms with Crippen molar-refractivity contribution >= 4 is 11.8 Å². The Morgan fingerprint density at radius 3 is 2.77 bits per heavy atom. The van der Waals surface area contributed by atoms with Crippen LogP contribution in [0.5, 0.6) is 0 Å². The number of carbonyl (C=O) groups is 2. The minimum atomic E-state index is -0.109. The number of hydrogen-bond acceptors (Lipinski definition) is 4. The summed E-state index contributed by atoms with van der Waals surface area (Å²) in [5.74, 6) is 0.192. The normalized spacial score (nSPS) is 27.2. The van der Waals surface area contributed by atoms with Crippen LogP contribution in [0.4, 0.5) is 0 Å². The Hall–Kier alpha value is -1.89. The molecule has 7 nitrogen and oxygen atoms in total. The maximum absolute atomic E-state index is 13.3. The van der Waals surface area contributed by atoms with Gasteiger partial charge in [0.2, 0.25) is 5.91 Å². The topological polar surface area (TPSA) is 70.5 Å². The molecule has 1 atom stereocenters. The molecule has 142 valence electrons. The largest absolute Gasteiger partial charge is 0.356 e. The maximum Gasteiger partial charge on any atom is 0.274 e. The van der Waals surface area contributed by atoms with Crippen molar-refractivity contribution in [3.63, 3.8) is 0 Å². The Morgan fingerprint density at radius 1 is 1.12 bits per heavy atom. The van der Waals surface area contributed by atoms with Gasteiger partial charge < -0.3 is 10.2 Å². The molecule has 1 spiro atoms. The van der Waals surface area contributed by atoms with E-state index in [0.717, 1.165) is 50.8 Å². The van der Waals surface area contributed by atoms with Gasteiger partial charge in [0.25, 0.3) is 5.91 Å². The van der Waals surface area contributed by atoms with Crippen molar-refractivity contribution in [3.8, 4) is 0 Å². The number of piperazine rings is 1. The van der Waals surface area contributed by atoms with E-state index < -0.39 is 0 Å². The first-order chi connectivity index (χ1) is 12.5. The zero-order valence-electron chi connectivity index (χ0n) is 15.9. The minimum absolute atomic E-state index is 0.0692. The van der Waals surface area contributed by atoms with E-state index in [1.165, 1.54) is 12.1 Å².